The average molecular weight is 463 g/mol. The third kappa shape index (κ3) is 5.25. The minimum absolute atomic E-state index is 0.159. The normalized spacial score (nSPS) is 13.3. The number of nitrogens with two attached hydrogens (primary N) is 1. The monoisotopic (exact) mass is 462 g/mol. The molecule has 0 fully saturated rings. The molecule has 0 saturated heterocycles. The molecule has 3 aromatic rings. The van der Waals surface area contributed by atoms with Gasteiger partial charge >= 0.3 is 11.9 Å². The Bertz CT molecular complexity index is 1230. The molecular formula is C24H22N4O4S. The Kier molecular flexibility index (Phi) is 7.20. The molecule has 8 nitrogen and oxygen atoms in total. The maximum Gasteiger partial charge on any atom is 0.352 e. The molecule has 0 aliphatic rings. The third-order valence-corrected chi connectivity index (χ3v) is 5.89. The van der Waals surface area contributed by atoms with Crippen LogP contribution in [0.15, 0.2) is 60.0 Å². The fourth-order valence-corrected chi connectivity index (χ4v) is 3.83. The largest absolute Gasteiger partial charge is 0.419 e. The standard InChI is InChI=1S/C24H22N4O4S/c1-4-24(3,31-22(29)18(13-25)15(2)16-5-9-27-10-6-16)32-23(30)20-19(14-33-21(20)26)17-7-11-28-12-8-17/h5-12,14H,4,26H2,1-3H3/b18-15+. The number of hydrogen-bond acceptors (Lipinski definition) is 9. The van der Waals surface area contributed by atoms with Gasteiger partial charge in [-0.15, -0.1) is 11.3 Å². The highest BCUT2D eigenvalue weighted by Crippen LogP contribution is 2.35. The Morgan fingerprint density at radius 2 is 1.73 bits per heavy atom. The van der Waals surface area contributed by atoms with Crippen molar-refractivity contribution in [2.75, 3.05) is 5.73 Å². The van der Waals surface area contributed by atoms with Gasteiger partial charge in [0, 0.05) is 49.1 Å². The minimum atomic E-state index is -1.61. The van der Waals surface area contributed by atoms with Crippen molar-refractivity contribution in [1.29, 1.82) is 5.26 Å². The van der Waals surface area contributed by atoms with Crippen LogP contribution in [0, 0.1) is 11.3 Å². The van der Waals surface area contributed by atoms with Crippen molar-refractivity contribution >= 4 is 33.8 Å². The van der Waals surface area contributed by atoms with Crippen LogP contribution < -0.4 is 5.73 Å². The molecule has 0 saturated carbocycles. The van der Waals surface area contributed by atoms with Crippen molar-refractivity contribution in [3.05, 3.63) is 71.1 Å². The van der Waals surface area contributed by atoms with E-state index in [4.69, 9.17) is 15.2 Å². The molecule has 3 rings (SSSR count). The quantitative estimate of drug-likeness (QED) is 0.233. The first kappa shape index (κ1) is 23.6. The van der Waals surface area contributed by atoms with E-state index in [9.17, 15) is 14.9 Å². The number of rotatable bonds is 7. The molecule has 2 N–H and O–H groups in total. The summed E-state index contributed by atoms with van der Waals surface area (Å²) in [7, 11) is 0. The Hall–Kier alpha value is -4.03. The molecular weight excluding hydrogens is 440 g/mol. The third-order valence-electron chi connectivity index (χ3n) is 5.08. The summed E-state index contributed by atoms with van der Waals surface area (Å²) in [6, 6.07) is 8.75. The van der Waals surface area contributed by atoms with E-state index in [0.29, 0.717) is 16.7 Å². The van der Waals surface area contributed by atoms with Gasteiger partial charge in [0.1, 0.15) is 22.2 Å². The van der Waals surface area contributed by atoms with Crippen LogP contribution >= 0.6 is 11.3 Å². The lowest BCUT2D eigenvalue weighted by atomic mass is 10.0. The van der Waals surface area contributed by atoms with Gasteiger partial charge in [-0.25, -0.2) is 9.59 Å². The van der Waals surface area contributed by atoms with Gasteiger partial charge in [-0.3, -0.25) is 9.97 Å². The highest BCUT2D eigenvalue weighted by molar-refractivity contribution is 7.15. The molecule has 9 heteroatoms. The van der Waals surface area contributed by atoms with Gasteiger partial charge in [-0.2, -0.15) is 5.26 Å². The number of allylic oxidation sites excluding steroid dienone is 1. The summed E-state index contributed by atoms with van der Waals surface area (Å²) in [6.45, 7) is 4.80. The average Bonchev–Trinajstić information content (AvgIpc) is 3.22. The number of nitriles is 1. The van der Waals surface area contributed by atoms with Crippen LogP contribution in [-0.2, 0) is 14.3 Å². The summed E-state index contributed by atoms with van der Waals surface area (Å²) in [5.74, 6) is -3.23. The Morgan fingerprint density at radius 3 is 2.30 bits per heavy atom. The van der Waals surface area contributed by atoms with Crippen molar-refractivity contribution in [2.24, 2.45) is 0 Å². The zero-order valence-electron chi connectivity index (χ0n) is 18.4. The van der Waals surface area contributed by atoms with E-state index < -0.39 is 17.7 Å². The van der Waals surface area contributed by atoms with Gasteiger partial charge in [0.15, 0.2) is 0 Å². The van der Waals surface area contributed by atoms with Gasteiger partial charge in [-0.1, -0.05) is 6.92 Å². The van der Waals surface area contributed by atoms with Crippen molar-refractivity contribution in [3.63, 3.8) is 0 Å². The van der Waals surface area contributed by atoms with Crippen LogP contribution in [0.3, 0.4) is 0 Å². The summed E-state index contributed by atoms with van der Waals surface area (Å²) in [5, 5.41) is 11.6. The summed E-state index contributed by atoms with van der Waals surface area (Å²) < 4.78 is 11.1. The first-order valence-corrected chi connectivity index (χ1v) is 10.9. The number of carbonyl (C=O) groups is 2. The molecule has 0 bridgehead atoms. The molecule has 0 spiro atoms. The number of pyridine rings is 2. The van der Waals surface area contributed by atoms with E-state index in [-0.39, 0.29) is 22.6 Å². The van der Waals surface area contributed by atoms with Gasteiger partial charge in [0.2, 0.25) is 0 Å². The molecule has 1 atom stereocenters. The topological polar surface area (TPSA) is 128 Å². The van der Waals surface area contributed by atoms with Crippen molar-refractivity contribution in [2.45, 2.75) is 33.0 Å². The lowest BCUT2D eigenvalue weighted by Gasteiger charge is -2.28. The molecule has 0 amide bonds. The predicted octanol–water partition coefficient (Wildman–Crippen LogP) is 4.61. The molecule has 168 valence electrons. The molecule has 33 heavy (non-hydrogen) atoms. The smallest absolute Gasteiger partial charge is 0.352 e. The molecule has 1 unspecified atom stereocenters. The molecule has 0 radical (unpaired) electrons. The zero-order chi connectivity index (χ0) is 24.0. The second-order valence-electron chi connectivity index (χ2n) is 7.24. The second kappa shape index (κ2) is 10.1. The lowest BCUT2D eigenvalue weighted by Crippen LogP contribution is -2.37. The first-order chi connectivity index (χ1) is 15.8. The second-order valence-corrected chi connectivity index (χ2v) is 8.15. The zero-order valence-corrected chi connectivity index (χ0v) is 19.2. The maximum atomic E-state index is 13.1. The number of carbonyl (C=O) groups excluding carboxylic acids is 2. The van der Waals surface area contributed by atoms with Crippen LogP contribution in [0.1, 0.15) is 43.1 Å². The SMILES string of the molecule is CCC(C)(OC(=O)/C(C#N)=C(\C)c1ccncc1)OC(=O)c1c(-c2ccncc2)csc1N. The van der Waals surface area contributed by atoms with E-state index in [1.54, 1.807) is 68.3 Å². The number of nitrogen functional groups attached to an aromatic ring is 1. The Morgan fingerprint density at radius 1 is 1.12 bits per heavy atom. The minimum Gasteiger partial charge on any atom is -0.419 e. The van der Waals surface area contributed by atoms with Crippen molar-refractivity contribution < 1.29 is 19.1 Å². The predicted molar refractivity (Wildman–Crippen MR) is 125 cm³/mol. The van der Waals surface area contributed by atoms with Crippen LogP contribution in [0.5, 0.6) is 0 Å². The highest BCUT2D eigenvalue weighted by Gasteiger charge is 2.35. The Labute approximate surface area is 195 Å². The number of aromatic nitrogens is 2. The number of esters is 2. The first-order valence-electron chi connectivity index (χ1n) is 10.0. The van der Waals surface area contributed by atoms with Gasteiger partial charge in [-0.05, 0) is 47.9 Å². The van der Waals surface area contributed by atoms with Crippen LogP contribution in [0.25, 0.3) is 16.7 Å². The molecule has 0 aliphatic heterocycles. The summed E-state index contributed by atoms with van der Waals surface area (Å²) >= 11 is 1.20. The number of ether oxygens (including phenoxy) is 2. The van der Waals surface area contributed by atoms with E-state index in [1.807, 2.05) is 6.07 Å². The molecule has 0 aliphatic carbocycles. The molecule has 3 aromatic heterocycles. The molecule has 0 aromatic carbocycles. The number of thiophene rings is 1. The van der Waals surface area contributed by atoms with Crippen LogP contribution in [-0.4, -0.2) is 27.7 Å². The number of hydrogen-bond donors (Lipinski definition) is 1. The summed E-state index contributed by atoms with van der Waals surface area (Å²) in [6.07, 6.45) is 6.49. The van der Waals surface area contributed by atoms with E-state index in [1.165, 1.54) is 18.3 Å². The van der Waals surface area contributed by atoms with Gasteiger partial charge < -0.3 is 15.2 Å². The van der Waals surface area contributed by atoms with Gasteiger partial charge in [0.25, 0.3) is 5.79 Å². The van der Waals surface area contributed by atoms with Crippen LogP contribution in [0.4, 0.5) is 5.00 Å². The number of anilines is 1. The van der Waals surface area contributed by atoms with E-state index in [2.05, 4.69) is 9.97 Å². The maximum absolute atomic E-state index is 13.1. The highest BCUT2D eigenvalue weighted by atomic mass is 32.1. The van der Waals surface area contributed by atoms with E-state index in [0.717, 1.165) is 5.56 Å². The van der Waals surface area contributed by atoms with Crippen LogP contribution in [0.2, 0.25) is 0 Å². The van der Waals surface area contributed by atoms with Gasteiger partial charge in [0.05, 0.1) is 0 Å². The molecule has 3 heterocycles. The summed E-state index contributed by atoms with van der Waals surface area (Å²) in [4.78, 5) is 33.8. The van der Waals surface area contributed by atoms with Crippen molar-refractivity contribution in [3.8, 4) is 17.2 Å². The summed E-state index contributed by atoms with van der Waals surface area (Å²) in [5.41, 5.74) is 8.48. The fraction of sp³-hybridized carbons (Fsp3) is 0.208. The van der Waals surface area contributed by atoms with E-state index >= 15 is 0 Å². The van der Waals surface area contributed by atoms with Crippen molar-refractivity contribution in [1.82, 2.24) is 9.97 Å². The fourth-order valence-electron chi connectivity index (χ4n) is 3.02. The Balaban J connectivity index is 1.86. The number of nitrogens with zero attached hydrogens (tertiary/aromatic N) is 3. The lowest BCUT2D eigenvalue weighted by molar-refractivity contribution is -0.198.